The Morgan fingerprint density at radius 1 is 1.21 bits per heavy atom. The van der Waals surface area contributed by atoms with Gasteiger partial charge in [0.1, 0.15) is 18.3 Å². The first kappa shape index (κ1) is 24.0. The van der Waals surface area contributed by atoms with Crippen LogP contribution in [0.1, 0.15) is 55.8 Å². The number of aliphatic hydroxyl groups excluding tert-OH is 3. The Balaban J connectivity index is 0.000000362. The van der Waals surface area contributed by atoms with E-state index in [2.05, 4.69) is 11.9 Å². The van der Waals surface area contributed by atoms with Gasteiger partial charge in [-0.15, -0.1) is 0 Å². The van der Waals surface area contributed by atoms with Gasteiger partial charge in [0.2, 0.25) is 12.2 Å². The molecule has 4 atom stereocenters. The molecule has 1 unspecified atom stereocenters. The van der Waals surface area contributed by atoms with Crippen molar-refractivity contribution in [1.29, 1.82) is 0 Å². The lowest BCUT2D eigenvalue weighted by Gasteiger charge is -2.15. The zero-order chi connectivity index (χ0) is 20.9. The first-order valence-electron chi connectivity index (χ1n) is 9.42. The average Bonchev–Trinajstić information content (AvgIpc) is 2.96. The van der Waals surface area contributed by atoms with E-state index in [1.807, 2.05) is 0 Å². The van der Waals surface area contributed by atoms with Crippen molar-refractivity contribution in [2.75, 3.05) is 6.61 Å². The van der Waals surface area contributed by atoms with Crippen LogP contribution in [0.25, 0.3) is 0 Å². The maximum atomic E-state index is 11.5. The number of ether oxygens (including phenoxy) is 2. The number of pyridine rings is 1. The second-order valence-electron chi connectivity index (χ2n) is 6.47. The Morgan fingerprint density at radius 2 is 1.93 bits per heavy atom. The minimum absolute atomic E-state index is 0.274. The molecule has 1 aliphatic heterocycles. The van der Waals surface area contributed by atoms with Gasteiger partial charge in [-0.2, -0.15) is 0 Å². The topological polar surface area (TPSA) is 152 Å². The molecule has 1 aromatic rings. The Hall–Kier alpha value is -2.07. The molecule has 2 heterocycles. The van der Waals surface area contributed by atoms with E-state index in [9.17, 15) is 19.8 Å². The number of unbranched alkanes of at least 4 members (excludes halogenated alkanes) is 4. The van der Waals surface area contributed by atoms with Crippen LogP contribution in [0.2, 0.25) is 0 Å². The molecule has 1 saturated heterocycles. The van der Waals surface area contributed by atoms with Gasteiger partial charge in [0, 0.05) is 18.8 Å². The van der Waals surface area contributed by atoms with Crippen LogP contribution < -0.4 is 5.73 Å². The minimum atomic E-state index is -1.30. The van der Waals surface area contributed by atoms with Crippen molar-refractivity contribution in [3.63, 3.8) is 0 Å². The molecule has 5 N–H and O–H groups in total. The van der Waals surface area contributed by atoms with E-state index in [1.54, 1.807) is 18.3 Å². The van der Waals surface area contributed by atoms with Crippen LogP contribution in [-0.4, -0.2) is 63.4 Å². The SMILES string of the molecule is CCCCCCCC(=O)OC1O[C@H](CO)[C@@H](O)[C@H]1O.NC(=O)c1cccnc1. The molecule has 9 heteroatoms. The van der Waals surface area contributed by atoms with Crippen LogP contribution in [-0.2, 0) is 14.3 Å². The number of hydrogen-bond acceptors (Lipinski definition) is 8. The van der Waals surface area contributed by atoms with E-state index >= 15 is 0 Å². The molecule has 1 aliphatic rings. The summed E-state index contributed by atoms with van der Waals surface area (Å²) in [4.78, 5) is 25.6. The van der Waals surface area contributed by atoms with Crippen molar-refractivity contribution in [1.82, 2.24) is 4.98 Å². The van der Waals surface area contributed by atoms with E-state index in [0.717, 1.165) is 32.1 Å². The molecule has 0 spiro atoms. The van der Waals surface area contributed by atoms with Gasteiger partial charge >= 0.3 is 5.97 Å². The van der Waals surface area contributed by atoms with E-state index in [-0.39, 0.29) is 6.42 Å². The van der Waals surface area contributed by atoms with Crippen molar-refractivity contribution in [2.24, 2.45) is 5.73 Å². The summed E-state index contributed by atoms with van der Waals surface area (Å²) in [5, 5.41) is 28.0. The number of hydrogen-bond donors (Lipinski definition) is 4. The number of carbonyl (C=O) groups is 2. The highest BCUT2D eigenvalue weighted by molar-refractivity contribution is 5.92. The van der Waals surface area contributed by atoms with Gasteiger partial charge in [0.05, 0.1) is 12.2 Å². The highest BCUT2D eigenvalue weighted by atomic mass is 16.7. The van der Waals surface area contributed by atoms with Crippen LogP contribution >= 0.6 is 0 Å². The molecule has 0 saturated carbocycles. The lowest BCUT2D eigenvalue weighted by Crippen LogP contribution is -2.35. The average molecular weight is 398 g/mol. The van der Waals surface area contributed by atoms with Gasteiger partial charge in [-0.05, 0) is 18.6 Å². The van der Waals surface area contributed by atoms with E-state index < -0.39 is 43.1 Å². The van der Waals surface area contributed by atoms with Crippen LogP contribution in [0.3, 0.4) is 0 Å². The van der Waals surface area contributed by atoms with Crippen LogP contribution in [0, 0.1) is 0 Å². The Labute approximate surface area is 164 Å². The summed E-state index contributed by atoms with van der Waals surface area (Å²) in [6.07, 6.45) is 3.78. The van der Waals surface area contributed by atoms with Crippen molar-refractivity contribution < 1.29 is 34.4 Å². The molecule has 0 aromatic carbocycles. The number of aromatic nitrogens is 1. The lowest BCUT2D eigenvalue weighted by atomic mass is 10.1. The number of esters is 1. The predicted molar refractivity (Wildman–Crippen MR) is 100.0 cm³/mol. The van der Waals surface area contributed by atoms with Crippen molar-refractivity contribution >= 4 is 11.9 Å². The number of aliphatic hydroxyl groups is 3. The number of carbonyl (C=O) groups excluding carboxylic acids is 2. The standard InChI is InChI=1S/C13H24O6.C6H6N2O/c1-2-3-4-5-6-7-10(15)19-13-12(17)11(16)9(8-14)18-13;7-6(9)5-2-1-3-8-4-5/h9,11-14,16-17H,2-8H2,1H3;1-4H,(H2,7,9)/t9-,11-,12-,13?;/m1./s1. The Bertz CT molecular complexity index is 585. The van der Waals surface area contributed by atoms with Crippen LogP contribution in [0.5, 0.6) is 0 Å². The molecule has 1 aromatic heterocycles. The van der Waals surface area contributed by atoms with Gasteiger partial charge in [-0.1, -0.05) is 32.6 Å². The van der Waals surface area contributed by atoms with Crippen molar-refractivity contribution in [3.8, 4) is 0 Å². The highest BCUT2D eigenvalue weighted by Crippen LogP contribution is 2.22. The van der Waals surface area contributed by atoms with E-state index in [4.69, 9.17) is 20.3 Å². The smallest absolute Gasteiger partial charge is 0.308 e. The third-order valence-electron chi connectivity index (χ3n) is 4.18. The van der Waals surface area contributed by atoms with Gasteiger partial charge < -0.3 is 30.5 Å². The fourth-order valence-corrected chi connectivity index (χ4v) is 2.53. The maximum Gasteiger partial charge on any atom is 0.308 e. The second-order valence-corrected chi connectivity index (χ2v) is 6.47. The number of nitrogens with zero attached hydrogens (tertiary/aromatic N) is 1. The molecule has 9 nitrogen and oxygen atoms in total. The zero-order valence-electron chi connectivity index (χ0n) is 16.1. The summed E-state index contributed by atoms with van der Waals surface area (Å²) in [6.45, 7) is 1.69. The first-order valence-corrected chi connectivity index (χ1v) is 9.42. The molecule has 1 fully saturated rings. The van der Waals surface area contributed by atoms with Gasteiger partial charge in [-0.3, -0.25) is 14.6 Å². The summed E-state index contributed by atoms with van der Waals surface area (Å²) in [7, 11) is 0. The fourth-order valence-electron chi connectivity index (χ4n) is 2.53. The molecular weight excluding hydrogens is 368 g/mol. The normalized spacial score (nSPS) is 23.6. The molecule has 28 heavy (non-hydrogen) atoms. The third-order valence-corrected chi connectivity index (χ3v) is 4.18. The number of nitrogens with two attached hydrogens (primary N) is 1. The molecule has 158 valence electrons. The fraction of sp³-hybridized carbons (Fsp3) is 0.632. The first-order chi connectivity index (χ1) is 13.4. The maximum absolute atomic E-state index is 11.5. The largest absolute Gasteiger partial charge is 0.433 e. The molecule has 2 rings (SSSR count). The van der Waals surface area contributed by atoms with Gasteiger partial charge in [-0.25, -0.2) is 0 Å². The second kappa shape index (κ2) is 13.2. The van der Waals surface area contributed by atoms with Gasteiger partial charge in [0.15, 0.2) is 0 Å². The van der Waals surface area contributed by atoms with Crippen LogP contribution in [0.15, 0.2) is 24.5 Å². The molecule has 0 bridgehead atoms. The summed E-state index contributed by atoms with van der Waals surface area (Å²) in [5.41, 5.74) is 5.38. The molecular formula is C19H30N2O7. The summed E-state index contributed by atoms with van der Waals surface area (Å²) < 4.78 is 10.0. The minimum Gasteiger partial charge on any atom is -0.433 e. The molecule has 0 radical (unpaired) electrons. The monoisotopic (exact) mass is 398 g/mol. The highest BCUT2D eigenvalue weighted by Gasteiger charge is 2.44. The summed E-state index contributed by atoms with van der Waals surface area (Å²) in [5.74, 6) is -0.894. The number of primary amides is 1. The van der Waals surface area contributed by atoms with Crippen LogP contribution in [0.4, 0.5) is 0 Å². The lowest BCUT2D eigenvalue weighted by molar-refractivity contribution is -0.190. The van der Waals surface area contributed by atoms with Crippen molar-refractivity contribution in [2.45, 2.75) is 70.1 Å². The predicted octanol–water partition coefficient (Wildman–Crippen LogP) is 0.510. The molecule has 1 amide bonds. The summed E-state index contributed by atoms with van der Waals surface area (Å²) >= 11 is 0. The van der Waals surface area contributed by atoms with Gasteiger partial charge in [0.25, 0.3) is 0 Å². The number of rotatable bonds is 9. The Kier molecular flexibility index (Phi) is 11.3. The van der Waals surface area contributed by atoms with Crippen molar-refractivity contribution in [3.05, 3.63) is 30.1 Å². The summed E-state index contributed by atoms with van der Waals surface area (Å²) in [6, 6.07) is 3.29. The molecule has 0 aliphatic carbocycles. The quantitative estimate of drug-likeness (QED) is 0.347. The van der Waals surface area contributed by atoms with E-state index in [0.29, 0.717) is 5.56 Å². The number of amides is 1. The van der Waals surface area contributed by atoms with E-state index in [1.165, 1.54) is 6.20 Å². The zero-order valence-corrected chi connectivity index (χ0v) is 16.1. The Morgan fingerprint density at radius 3 is 2.43 bits per heavy atom. The third kappa shape index (κ3) is 8.30.